The SMILES string of the molecule is COc1cc(C)c([C@H](C)NC(=O)CN(c2ccccc2OC)S(=O)(=O)c2ccc(C)cc2)cc1C(C)C. The summed E-state index contributed by atoms with van der Waals surface area (Å²) in [6.07, 6.45) is 0. The van der Waals surface area contributed by atoms with E-state index in [1.165, 1.54) is 7.11 Å². The van der Waals surface area contributed by atoms with Crippen LogP contribution in [0, 0.1) is 13.8 Å². The van der Waals surface area contributed by atoms with Crippen molar-refractivity contribution in [2.75, 3.05) is 25.1 Å². The van der Waals surface area contributed by atoms with E-state index in [2.05, 4.69) is 19.2 Å². The summed E-state index contributed by atoms with van der Waals surface area (Å²) in [6, 6.07) is 17.0. The third kappa shape index (κ3) is 6.25. The summed E-state index contributed by atoms with van der Waals surface area (Å²) in [5, 5.41) is 2.98. The fraction of sp³-hybridized carbons (Fsp3) is 0.345. The molecule has 1 N–H and O–H groups in total. The predicted molar refractivity (Wildman–Crippen MR) is 147 cm³/mol. The maximum Gasteiger partial charge on any atom is 0.264 e. The van der Waals surface area contributed by atoms with E-state index in [0.717, 1.165) is 32.3 Å². The number of amides is 1. The molecule has 0 spiro atoms. The Hall–Kier alpha value is -3.52. The lowest BCUT2D eigenvalue weighted by molar-refractivity contribution is -0.120. The van der Waals surface area contributed by atoms with Crippen molar-refractivity contribution in [2.24, 2.45) is 0 Å². The first kappa shape index (κ1) is 28.1. The van der Waals surface area contributed by atoms with Crippen LogP contribution >= 0.6 is 0 Å². The van der Waals surface area contributed by atoms with Crippen LogP contribution in [0.25, 0.3) is 0 Å². The Kier molecular flexibility index (Phi) is 8.86. The number of nitrogens with one attached hydrogen (secondary N) is 1. The van der Waals surface area contributed by atoms with E-state index in [4.69, 9.17) is 9.47 Å². The van der Waals surface area contributed by atoms with E-state index in [-0.39, 0.29) is 22.5 Å². The van der Waals surface area contributed by atoms with Gasteiger partial charge in [-0.15, -0.1) is 0 Å². The van der Waals surface area contributed by atoms with Crippen molar-refractivity contribution in [3.05, 3.63) is 82.9 Å². The van der Waals surface area contributed by atoms with Crippen molar-refractivity contribution in [3.63, 3.8) is 0 Å². The van der Waals surface area contributed by atoms with Crippen LogP contribution in [-0.4, -0.2) is 35.1 Å². The number of hydrogen-bond acceptors (Lipinski definition) is 5. The van der Waals surface area contributed by atoms with Crippen molar-refractivity contribution in [1.29, 1.82) is 0 Å². The Morgan fingerprint density at radius 3 is 2.11 bits per heavy atom. The number of methoxy groups -OCH3 is 2. The highest BCUT2D eigenvalue weighted by atomic mass is 32.2. The standard InChI is InChI=1S/C29H36N2O5S/c1-19(2)24-17-25(21(4)16-28(24)36-7)22(5)30-29(32)18-31(26-10-8-9-11-27(26)35-6)37(33,34)23-14-12-20(3)13-15-23/h8-17,19,22H,18H2,1-7H3,(H,30,32)/t22-/m0/s1. The summed E-state index contributed by atoms with van der Waals surface area (Å²) in [6.45, 7) is 9.50. The average Bonchev–Trinajstić information content (AvgIpc) is 2.86. The molecule has 0 saturated carbocycles. The second-order valence-electron chi connectivity index (χ2n) is 9.39. The zero-order chi connectivity index (χ0) is 27.3. The Morgan fingerprint density at radius 2 is 1.51 bits per heavy atom. The van der Waals surface area contributed by atoms with Gasteiger partial charge < -0.3 is 14.8 Å². The number of carbonyl (C=O) groups is 1. The molecule has 0 radical (unpaired) electrons. The summed E-state index contributed by atoms with van der Waals surface area (Å²) in [4.78, 5) is 13.4. The Bertz CT molecular complexity index is 1350. The third-order valence-corrected chi connectivity index (χ3v) is 8.11. The molecule has 8 heteroatoms. The molecule has 0 aromatic heterocycles. The van der Waals surface area contributed by atoms with Crippen LogP contribution in [0.4, 0.5) is 5.69 Å². The Balaban J connectivity index is 1.95. The lowest BCUT2D eigenvalue weighted by Crippen LogP contribution is -2.41. The van der Waals surface area contributed by atoms with E-state index in [1.54, 1.807) is 55.6 Å². The molecule has 3 rings (SSSR count). The minimum atomic E-state index is -4.06. The minimum Gasteiger partial charge on any atom is -0.496 e. The normalized spacial score (nSPS) is 12.2. The highest BCUT2D eigenvalue weighted by Crippen LogP contribution is 2.34. The monoisotopic (exact) mass is 524 g/mol. The van der Waals surface area contributed by atoms with Gasteiger partial charge in [-0.3, -0.25) is 9.10 Å². The van der Waals surface area contributed by atoms with E-state index >= 15 is 0 Å². The van der Waals surface area contributed by atoms with Crippen LogP contribution in [-0.2, 0) is 14.8 Å². The van der Waals surface area contributed by atoms with Crippen LogP contribution in [0.2, 0.25) is 0 Å². The molecule has 3 aromatic carbocycles. The van der Waals surface area contributed by atoms with Gasteiger partial charge in [0.25, 0.3) is 10.0 Å². The molecule has 0 bridgehead atoms. The van der Waals surface area contributed by atoms with Gasteiger partial charge in [-0.25, -0.2) is 8.42 Å². The summed E-state index contributed by atoms with van der Waals surface area (Å²) in [5.74, 6) is 0.959. The topological polar surface area (TPSA) is 84.9 Å². The Morgan fingerprint density at radius 1 is 0.892 bits per heavy atom. The van der Waals surface area contributed by atoms with Gasteiger partial charge in [0.2, 0.25) is 5.91 Å². The molecule has 0 aliphatic carbocycles. The number of nitrogens with zero attached hydrogens (tertiary/aromatic N) is 1. The first-order valence-corrected chi connectivity index (χ1v) is 13.6. The molecule has 0 aliphatic rings. The molecule has 1 atom stereocenters. The zero-order valence-electron chi connectivity index (χ0n) is 22.5. The molecule has 0 saturated heterocycles. The highest BCUT2D eigenvalue weighted by molar-refractivity contribution is 7.92. The van der Waals surface area contributed by atoms with Gasteiger partial charge in [0.05, 0.1) is 30.8 Å². The molecule has 0 heterocycles. The fourth-order valence-electron chi connectivity index (χ4n) is 4.28. The van der Waals surface area contributed by atoms with Crippen LogP contribution in [0.5, 0.6) is 11.5 Å². The lowest BCUT2D eigenvalue weighted by Gasteiger charge is -2.27. The Labute approximate surface area is 220 Å². The van der Waals surface area contributed by atoms with E-state index in [1.807, 2.05) is 32.9 Å². The quantitative estimate of drug-likeness (QED) is 0.378. The number of sulfonamides is 1. The smallest absolute Gasteiger partial charge is 0.264 e. The van der Waals surface area contributed by atoms with Crippen molar-refractivity contribution in [1.82, 2.24) is 5.32 Å². The van der Waals surface area contributed by atoms with Crippen molar-refractivity contribution >= 4 is 21.6 Å². The number of anilines is 1. The summed E-state index contributed by atoms with van der Waals surface area (Å²) < 4.78 is 39.5. The fourth-order valence-corrected chi connectivity index (χ4v) is 5.71. The van der Waals surface area contributed by atoms with Gasteiger partial charge in [-0.05, 0) is 79.8 Å². The van der Waals surface area contributed by atoms with E-state index < -0.39 is 22.5 Å². The number of para-hydroxylation sites is 2. The lowest BCUT2D eigenvalue weighted by atomic mass is 9.93. The second kappa shape index (κ2) is 11.7. The summed E-state index contributed by atoms with van der Waals surface area (Å²) >= 11 is 0. The maximum atomic E-state index is 13.7. The molecular weight excluding hydrogens is 488 g/mol. The molecule has 7 nitrogen and oxygen atoms in total. The van der Waals surface area contributed by atoms with Crippen molar-refractivity contribution in [3.8, 4) is 11.5 Å². The van der Waals surface area contributed by atoms with Crippen LogP contribution in [0.15, 0.2) is 65.6 Å². The van der Waals surface area contributed by atoms with Crippen LogP contribution in [0.3, 0.4) is 0 Å². The molecule has 198 valence electrons. The first-order chi connectivity index (χ1) is 17.5. The number of benzene rings is 3. The summed E-state index contributed by atoms with van der Waals surface area (Å²) in [7, 11) is -0.944. The minimum absolute atomic E-state index is 0.0948. The molecular formula is C29H36N2O5S. The highest BCUT2D eigenvalue weighted by Gasteiger charge is 2.30. The van der Waals surface area contributed by atoms with Gasteiger partial charge in [0.1, 0.15) is 18.0 Å². The maximum absolute atomic E-state index is 13.7. The van der Waals surface area contributed by atoms with Crippen LogP contribution < -0.4 is 19.1 Å². The average molecular weight is 525 g/mol. The molecule has 37 heavy (non-hydrogen) atoms. The zero-order valence-corrected chi connectivity index (χ0v) is 23.3. The van der Waals surface area contributed by atoms with Crippen molar-refractivity contribution < 1.29 is 22.7 Å². The van der Waals surface area contributed by atoms with Gasteiger partial charge in [-0.2, -0.15) is 0 Å². The van der Waals surface area contributed by atoms with E-state index in [0.29, 0.717) is 5.75 Å². The van der Waals surface area contributed by atoms with E-state index in [9.17, 15) is 13.2 Å². The summed E-state index contributed by atoms with van der Waals surface area (Å²) in [5.41, 5.74) is 4.19. The molecule has 1 amide bonds. The van der Waals surface area contributed by atoms with Gasteiger partial charge in [-0.1, -0.05) is 43.7 Å². The van der Waals surface area contributed by atoms with Crippen LogP contribution in [0.1, 0.15) is 55.0 Å². The van der Waals surface area contributed by atoms with Gasteiger partial charge in [0, 0.05) is 0 Å². The molecule has 0 aliphatic heterocycles. The third-order valence-electron chi connectivity index (χ3n) is 6.33. The van der Waals surface area contributed by atoms with Gasteiger partial charge in [0.15, 0.2) is 0 Å². The number of hydrogen-bond donors (Lipinski definition) is 1. The van der Waals surface area contributed by atoms with Crippen molar-refractivity contribution in [2.45, 2.75) is 51.5 Å². The molecule has 3 aromatic rings. The molecule has 0 unspecified atom stereocenters. The number of carbonyl (C=O) groups excluding carboxylic acids is 1. The molecule has 0 fully saturated rings. The van der Waals surface area contributed by atoms with Gasteiger partial charge >= 0.3 is 0 Å². The second-order valence-corrected chi connectivity index (χ2v) is 11.3. The number of rotatable bonds is 10. The number of ether oxygens (including phenoxy) is 2. The largest absolute Gasteiger partial charge is 0.496 e. The predicted octanol–water partition coefficient (Wildman–Crippen LogP) is 5.52. The first-order valence-electron chi connectivity index (χ1n) is 12.2. The number of aryl methyl sites for hydroxylation is 2.